The largest absolute Gasteiger partial charge is 0.354 e. The lowest BCUT2D eigenvalue weighted by molar-refractivity contribution is 0.566. The first-order valence-corrected chi connectivity index (χ1v) is 5.41. The topological polar surface area (TPSA) is 37.4 Å². The van der Waals surface area contributed by atoms with Gasteiger partial charge in [-0.15, -0.1) is 0 Å². The van der Waals surface area contributed by atoms with Gasteiger partial charge in [0.2, 0.25) is 0 Å². The van der Waals surface area contributed by atoms with Gasteiger partial charge in [-0.05, 0) is 13.8 Å². The van der Waals surface area contributed by atoms with Crippen LogP contribution in [0.3, 0.4) is 0 Å². The quantitative estimate of drug-likeness (QED) is 0.672. The van der Waals surface area contributed by atoms with Crippen molar-refractivity contribution in [2.24, 2.45) is 0 Å². The molecule has 0 rings (SSSR count). The number of hydrogen-bond donors (Lipinski definition) is 0. The SMILES string of the molecule is C=C(C)N(C)/C=C(\C)S(C)(=O)=O. The van der Waals surface area contributed by atoms with Crippen LogP contribution in [-0.4, -0.2) is 26.6 Å². The van der Waals surface area contributed by atoms with Crippen LogP contribution < -0.4 is 0 Å². The van der Waals surface area contributed by atoms with Crippen molar-refractivity contribution in [3.05, 3.63) is 23.4 Å². The van der Waals surface area contributed by atoms with Crippen molar-refractivity contribution < 1.29 is 8.42 Å². The van der Waals surface area contributed by atoms with Crippen molar-refractivity contribution in [3.8, 4) is 0 Å². The Hall–Kier alpha value is -0.770. The predicted octanol–water partition coefficient (Wildman–Crippen LogP) is 1.36. The van der Waals surface area contributed by atoms with Gasteiger partial charge in [0.25, 0.3) is 0 Å². The highest BCUT2D eigenvalue weighted by atomic mass is 32.2. The van der Waals surface area contributed by atoms with Crippen LogP contribution in [0.15, 0.2) is 23.4 Å². The van der Waals surface area contributed by atoms with Gasteiger partial charge in [-0.2, -0.15) is 0 Å². The molecule has 0 aliphatic carbocycles. The number of nitrogens with zero attached hydrogens (tertiary/aromatic N) is 1. The average Bonchev–Trinajstić information content (AvgIpc) is 1.85. The minimum atomic E-state index is -3.05. The van der Waals surface area contributed by atoms with Crippen molar-refractivity contribution >= 4 is 9.84 Å². The molecule has 4 heteroatoms. The maximum Gasteiger partial charge on any atom is 0.172 e. The van der Waals surface area contributed by atoms with Crippen LogP contribution in [0.4, 0.5) is 0 Å². The molecular weight excluding hydrogens is 174 g/mol. The van der Waals surface area contributed by atoms with E-state index in [-0.39, 0.29) is 0 Å². The van der Waals surface area contributed by atoms with Gasteiger partial charge in [-0.3, -0.25) is 0 Å². The number of allylic oxidation sites excluding steroid dienone is 2. The van der Waals surface area contributed by atoms with Gasteiger partial charge in [0.1, 0.15) is 0 Å². The van der Waals surface area contributed by atoms with Crippen LogP contribution in [0.1, 0.15) is 13.8 Å². The second kappa shape index (κ2) is 3.76. The van der Waals surface area contributed by atoms with Gasteiger partial charge in [0.05, 0.1) is 4.91 Å². The van der Waals surface area contributed by atoms with E-state index in [0.29, 0.717) is 4.91 Å². The van der Waals surface area contributed by atoms with Crippen molar-refractivity contribution in [2.75, 3.05) is 13.3 Å². The summed E-state index contributed by atoms with van der Waals surface area (Å²) >= 11 is 0. The molecular formula is C8H15NO2S. The second-order valence-electron chi connectivity index (χ2n) is 2.86. The van der Waals surface area contributed by atoms with E-state index in [0.717, 1.165) is 5.70 Å². The smallest absolute Gasteiger partial charge is 0.172 e. The molecule has 0 aliphatic heterocycles. The number of sulfone groups is 1. The van der Waals surface area contributed by atoms with Crippen LogP contribution in [0, 0.1) is 0 Å². The van der Waals surface area contributed by atoms with Gasteiger partial charge in [0, 0.05) is 25.2 Å². The summed E-state index contributed by atoms with van der Waals surface area (Å²) in [6.45, 7) is 7.05. The highest BCUT2D eigenvalue weighted by molar-refractivity contribution is 7.94. The van der Waals surface area contributed by atoms with E-state index in [1.54, 1.807) is 25.1 Å². The van der Waals surface area contributed by atoms with Crippen molar-refractivity contribution in [1.29, 1.82) is 0 Å². The summed E-state index contributed by atoms with van der Waals surface area (Å²) in [5.74, 6) is 0. The maximum absolute atomic E-state index is 11.0. The first-order valence-electron chi connectivity index (χ1n) is 3.52. The van der Waals surface area contributed by atoms with Crippen molar-refractivity contribution in [3.63, 3.8) is 0 Å². The number of hydrogen-bond acceptors (Lipinski definition) is 3. The standard InChI is InChI=1S/C8H15NO2S/c1-7(2)9(4)6-8(3)12(5,10)11/h6H,1H2,2-5H3/b8-6+. The van der Waals surface area contributed by atoms with Crippen molar-refractivity contribution in [1.82, 2.24) is 4.90 Å². The molecule has 0 heterocycles. The highest BCUT2D eigenvalue weighted by Gasteiger charge is 2.05. The average molecular weight is 189 g/mol. The van der Waals surface area contributed by atoms with Crippen molar-refractivity contribution in [2.45, 2.75) is 13.8 Å². The van der Waals surface area contributed by atoms with E-state index in [1.807, 2.05) is 6.92 Å². The predicted molar refractivity (Wildman–Crippen MR) is 51.2 cm³/mol. The monoisotopic (exact) mass is 189 g/mol. The zero-order valence-electron chi connectivity index (χ0n) is 7.96. The summed E-state index contributed by atoms with van der Waals surface area (Å²) in [6, 6.07) is 0. The first-order chi connectivity index (χ1) is 5.25. The summed E-state index contributed by atoms with van der Waals surface area (Å²) in [5, 5.41) is 0. The third-order valence-corrected chi connectivity index (χ3v) is 2.84. The van der Waals surface area contributed by atoms with Crippen LogP contribution in [0.2, 0.25) is 0 Å². The maximum atomic E-state index is 11.0. The Morgan fingerprint density at radius 1 is 1.42 bits per heavy atom. The minimum Gasteiger partial charge on any atom is -0.354 e. The summed E-state index contributed by atoms with van der Waals surface area (Å²) < 4.78 is 21.9. The third-order valence-electron chi connectivity index (χ3n) is 1.56. The Morgan fingerprint density at radius 3 is 2.08 bits per heavy atom. The molecule has 0 bridgehead atoms. The molecule has 70 valence electrons. The molecule has 0 fully saturated rings. The first kappa shape index (κ1) is 11.2. The highest BCUT2D eigenvalue weighted by Crippen LogP contribution is 2.06. The molecule has 0 aromatic heterocycles. The van der Waals surface area contributed by atoms with Crippen LogP contribution >= 0.6 is 0 Å². The van der Waals surface area contributed by atoms with E-state index in [9.17, 15) is 8.42 Å². The van der Waals surface area contributed by atoms with E-state index < -0.39 is 9.84 Å². The molecule has 3 nitrogen and oxygen atoms in total. The molecule has 0 amide bonds. The molecule has 0 radical (unpaired) electrons. The lowest BCUT2D eigenvalue weighted by atomic mass is 10.5. The molecule has 0 saturated heterocycles. The number of rotatable bonds is 3. The van der Waals surface area contributed by atoms with Gasteiger partial charge >= 0.3 is 0 Å². The molecule has 0 aliphatic rings. The van der Waals surface area contributed by atoms with Crippen LogP contribution in [-0.2, 0) is 9.84 Å². The lowest BCUT2D eigenvalue weighted by Crippen LogP contribution is -2.09. The van der Waals surface area contributed by atoms with Gasteiger partial charge in [-0.1, -0.05) is 6.58 Å². The fourth-order valence-electron chi connectivity index (χ4n) is 0.479. The van der Waals surface area contributed by atoms with Gasteiger partial charge in [0.15, 0.2) is 9.84 Å². The molecule has 0 saturated carbocycles. The van der Waals surface area contributed by atoms with Gasteiger partial charge in [-0.25, -0.2) is 8.42 Å². The fraction of sp³-hybridized carbons (Fsp3) is 0.500. The second-order valence-corrected chi connectivity index (χ2v) is 5.05. The Bertz CT molecular complexity index is 301. The van der Waals surface area contributed by atoms with E-state index in [1.165, 1.54) is 6.26 Å². The zero-order valence-corrected chi connectivity index (χ0v) is 8.77. The van der Waals surface area contributed by atoms with Crippen LogP contribution in [0.5, 0.6) is 0 Å². The molecule has 0 unspecified atom stereocenters. The summed E-state index contributed by atoms with van der Waals surface area (Å²) in [7, 11) is -1.29. The van der Waals surface area contributed by atoms with Crippen LogP contribution in [0.25, 0.3) is 0 Å². The Balaban J connectivity index is 4.71. The van der Waals surface area contributed by atoms with Gasteiger partial charge < -0.3 is 4.90 Å². The molecule has 0 atom stereocenters. The normalized spacial score (nSPS) is 12.8. The van der Waals surface area contributed by atoms with E-state index in [4.69, 9.17) is 0 Å². The summed E-state index contributed by atoms with van der Waals surface area (Å²) in [5.41, 5.74) is 0.804. The summed E-state index contributed by atoms with van der Waals surface area (Å²) in [4.78, 5) is 2.02. The lowest BCUT2D eigenvalue weighted by Gasteiger charge is -2.13. The Morgan fingerprint density at radius 2 is 1.83 bits per heavy atom. The molecule has 0 spiro atoms. The Kier molecular flexibility index (Phi) is 3.52. The molecule has 12 heavy (non-hydrogen) atoms. The molecule has 0 aromatic carbocycles. The molecule has 0 aromatic rings. The minimum absolute atomic E-state index is 0.341. The zero-order chi connectivity index (χ0) is 9.94. The fourth-order valence-corrected chi connectivity index (χ4v) is 0.828. The third kappa shape index (κ3) is 3.57. The van der Waals surface area contributed by atoms with E-state index >= 15 is 0 Å². The molecule has 0 N–H and O–H groups in total. The van der Waals surface area contributed by atoms with E-state index in [2.05, 4.69) is 6.58 Å². The Labute approximate surface area is 74.3 Å². The summed E-state index contributed by atoms with van der Waals surface area (Å²) in [6.07, 6.45) is 2.74.